The fourth-order valence-electron chi connectivity index (χ4n) is 3.72. The summed E-state index contributed by atoms with van der Waals surface area (Å²) in [6, 6.07) is 0.930. The first-order valence-corrected chi connectivity index (χ1v) is 9.89. The van der Waals surface area contributed by atoms with Crippen LogP contribution in [0.2, 0.25) is 0 Å². The van der Waals surface area contributed by atoms with Gasteiger partial charge in [-0.1, -0.05) is 0 Å². The summed E-state index contributed by atoms with van der Waals surface area (Å²) in [7, 11) is 0. The van der Waals surface area contributed by atoms with Crippen LogP contribution in [-0.2, 0) is 4.79 Å². The van der Waals surface area contributed by atoms with Gasteiger partial charge in [-0.15, -0.1) is 0 Å². The van der Waals surface area contributed by atoms with E-state index in [9.17, 15) is 4.79 Å². The third kappa shape index (κ3) is 4.10. The molecule has 3 rings (SSSR count). The summed E-state index contributed by atoms with van der Waals surface area (Å²) in [5.41, 5.74) is 0. The highest BCUT2D eigenvalue weighted by atomic mass is 32.2. The highest BCUT2D eigenvalue weighted by Crippen LogP contribution is 2.23. The van der Waals surface area contributed by atoms with E-state index in [-0.39, 0.29) is 11.9 Å². The van der Waals surface area contributed by atoms with Crippen molar-refractivity contribution in [2.45, 2.75) is 45.2 Å². The third-order valence-corrected chi connectivity index (χ3v) is 6.23. The lowest BCUT2D eigenvalue weighted by Gasteiger charge is -2.40. The number of piperazine rings is 1. The number of amides is 1. The Kier molecular flexibility index (Phi) is 5.64. The second kappa shape index (κ2) is 7.71. The number of carbonyl (C=O) groups is 1. The highest BCUT2D eigenvalue weighted by molar-refractivity contribution is 7.99. The normalized spacial score (nSPS) is 22.3. The van der Waals surface area contributed by atoms with E-state index in [0.717, 1.165) is 38.0 Å². The summed E-state index contributed by atoms with van der Waals surface area (Å²) in [6.07, 6.45) is 6.96. The molecule has 5 nitrogen and oxygen atoms in total. The molecular weight excluding hydrogens is 308 g/mol. The van der Waals surface area contributed by atoms with Crippen molar-refractivity contribution in [3.05, 3.63) is 18.2 Å². The average Bonchev–Trinajstić information content (AvgIpc) is 3.02. The number of aryl methyl sites for hydroxylation is 1. The van der Waals surface area contributed by atoms with Crippen LogP contribution >= 0.6 is 11.8 Å². The fraction of sp³-hybridized carbons (Fsp3) is 0.765. The molecule has 2 aliphatic rings. The van der Waals surface area contributed by atoms with Crippen LogP contribution in [0.5, 0.6) is 0 Å². The molecule has 2 fully saturated rings. The number of carbonyl (C=O) groups excluding carboxylic acids is 1. The summed E-state index contributed by atoms with van der Waals surface area (Å²) in [6.45, 7) is 7.94. The molecule has 0 radical (unpaired) electrons. The first-order chi connectivity index (χ1) is 11.1. The van der Waals surface area contributed by atoms with E-state index in [1.54, 1.807) is 6.20 Å². The van der Waals surface area contributed by atoms with Gasteiger partial charge in [-0.25, -0.2) is 4.98 Å². The van der Waals surface area contributed by atoms with Gasteiger partial charge in [0.05, 0.1) is 0 Å². The van der Waals surface area contributed by atoms with Crippen molar-refractivity contribution in [2.24, 2.45) is 0 Å². The van der Waals surface area contributed by atoms with Gasteiger partial charge >= 0.3 is 0 Å². The van der Waals surface area contributed by atoms with E-state index in [1.165, 1.54) is 24.3 Å². The number of thioether (sulfide) groups is 1. The molecule has 1 atom stereocenters. The summed E-state index contributed by atoms with van der Waals surface area (Å²) >= 11 is 2.08. The van der Waals surface area contributed by atoms with Crippen molar-refractivity contribution in [2.75, 3.05) is 37.7 Å². The molecule has 128 valence electrons. The number of hydrogen-bond acceptors (Lipinski definition) is 4. The van der Waals surface area contributed by atoms with Crippen LogP contribution in [0, 0.1) is 6.92 Å². The summed E-state index contributed by atoms with van der Waals surface area (Å²) in [5, 5.41) is 0. The van der Waals surface area contributed by atoms with Crippen LogP contribution < -0.4 is 0 Å². The van der Waals surface area contributed by atoms with Crippen LogP contribution in [-0.4, -0.2) is 69.0 Å². The maximum Gasteiger partial charge on any atom is 0.224 e. The van der Waals surface area contributed by atoms with Gasteiger partial charge in [-0.05, 0) is 38.2 Å². The van der Waals surface area contributed by atoms with Crippen molar-refractivity contribution in [3.63, 3.8) is 0 Å². The summed E-state index contributed by atoms with van der Waals surface area (Å²) < 4.78 is 2.09. The molecule has 1 aromatic heterocycles. The lowest BCUT2D eigenvalue weighted by atomic mass is 10.1. The number of aromatic nitrogens is 2. The molecule has 0 bridgehead atoms. The molecule has 2 aliphatic heterocycles. The SMILES string of the molecule is Cc1nccn1[C@@H](C)CC(=O)N1CCN(C2CCSCC2)CC1. The Bertz CT molecular complexity index is 518. The van der Waals surface area contributed by atoms with Gasteiger partial charge in [-0.2, -0.15) is 11.8 Å². The zero-order chi connectivity index (χ0) is 16.2. The molecular formula is C17H28N4OS. The van der Waals surface area contributed by atoms with Crippen molar-refractivity contribution in [3.8, 4) is 0 Å². The van der Waals surface area contributed by atoms with Crippen LogP contribution in [0.4, 0.5) is 0 Å². The maximum absolute atomic E-state index is 12.6. The quantitative estimate of drug-likeness (QED) is 0.845. The van der Waals surface area contributed by atoms with Gasteiger partial charge in [0, 0.05) is 57.1 Å². The fourth-order valence-corrected chi connectivity index (χ4v) is 4.80. The van der Waals surface area contributed by atoms with E-state index in [2.05, 4.69) is 38.0 Å². The topological polar surface area (TPSA) is 41.4 Å². The van der Waals surface area contributed by atoms with Crippen LogP contribution in [0.3, 0.4) is 0 Å². The van der Waals surface area contributed by atoms with Crippen LogP contribution in [0.1, 0.15) is 38.1 Å². The lowest BCUT2D eigenvalue weighted by molar-refractivity contribution is -0.134. The molecule has 0 N–H and O–H groups in total. The standard InChI is InChI=1S/C17H28N4OS/c1-14(21-6-5-18-15(21)2)13-17(22)20-9-7-19(8-10-20)16-3-11-23-12-4-16/h5-6,14,16H,3-4,7-13H2,1-2H3/t14-/m0/s1. The Balaban J connectivity index is 1.47. The maximum atomic E-state index is 12.6. The molecule has 3 heterocycles. The predicted molar refractivity (Wildman–Crippen MR) is 94.8 cm³/mol. The van der Waals surface area contributed by atoms with E-state index < -0.39 is 0 Å². The zero-order valence-corrected chi connectivity index (χ0v) is 15.1. The van der Waals surface area contributed by atoms with Gasteiger partial charge in [-0.3, -0.25) is 9.69 Å². The smallest absolute Gasteiger partial charge is 0.224 e. The Hall–Kier alpha value is -1.01. The molecule has 0 aliphatic carbocycles. The second-order valence-corrected chi connectivity index (χ2v) is 7.92. The number of rotatable bonds is 4. The molecule has 1 aromatic rings. The van der Waals surface area contributed by atoms with E-state index in [4.69, 9.17) is 0 Å². The van der Waals surface area contributed by atoms with Gasteiger partial charge in [0.2, 0.25) is 5.91 Å². The largest absolute Gasteiger partial charge is 0.340 e. The van der Waals surface area contributed by atoms with Gasteiger partial charge in [0.15, 0.2) is 0 Å². The van der Waals surface area contributed by atoms with Gasteiger partial charge < -0.3 is 9.47 Å². The minimum Gasteiger partial charge on any atom is -0.340 e. The van der Waals surface area contributed by atoms with Crippen molar-refractivity contribution >= 4 is 17.7 Å². The minimum atomic E-state index is 0.179. The van der Waals surface area contributed by atoms with E-state index in [1.807, 2.05) is 13.1 Å². The van der Waals surface area contributed by atoms with E-state index in [0.29, 0.717) is 6.42 Å². The molecule has 0 spiro atoms. The molecule has 1 amide bonds. The number of nitrogens with zero attached hydrogens (tertiary/aromatic N) is 4. The Labute approximate surface area is 143 Å². The number of hydrogen-bond donors (Lipinski definition) is 0. The first kappa shape index (κ1) is 16.8. The molecule has 2 saturated heterocycles. The van der Waals surface area contributed by atoms with Crippen LogP contribution in [0.25, 0.3) is 0 Å². The van der Waals surface area contributed by atoms with Crippen molar-refractivity contribution < 1.29 is 4.79 Å². The Morgan fingerprint density at radius 3 is 2.61 bits per heavy atom. The second-order valence-electron chi connectivity index (χ2n) is 6.70. The van der Waals surface area contributed by atoms with Gasteiger partial charge in [0.1, 0.15) is 5.82 Å². The molecule has 0 saturated carbocycles. The van der Waals surface area contributed by atoms with Crippen molar-refractivity contribution in [1.29, 1.82) is 0 Å². The van der Waals surface area contributed by atoms with E-state index >= 15 is 0 Å². The molecule has 23 heavy (non-hydrogen) atoms. The lowest BCUT2D eigenvalue weighted by Crippen LogP contribution is -2.52. The average molecular weight is 337 g/mol. The van der Waals surface area contributed by atoms with Gasteiger partial charge in [0.25, 0.3) is 0 Å². The van der Waals surface area contributed by atoms with Crippen LogP contribution in [0.15, 0.2) is 12.4 Å². The van der Waals surface area contributed by atoms with Crippen molar-refractivity contribution in [1.82, 2.24) is 19.4 Å². The Morgan fingerprint density at radius 1 is 1.30 bits per heavy atom. The molecule has 6 heteroatoms. The first-order valence-electron chi connectivity index (χ1n) is 8.74. The summed E-state index contributed by atoms with van der Waals surface area (Å²) in [5.74, 6) is 3.85. The monoisotopic (exact) mass is 336 g/mol. The molecule has 0 aromatic carbocycles. The molecule has 0 unspecified atom stereocenters. The summed E-state index contributed by atoms with van der Waals surface area (Å²) in [4.78, 5) is 21.5. The third-order valence-electron chi connectivity index (χ3n) is 5.18. The number of imidazole rings is 1. The minimum absolute atomic E-state index is 0.179. The highest BCUT2D eigenvalue weighted by Gasteiger charge is 2.27. The zero-order valence-electron chi connectivity index (χ0n) is 14.3. The Morgan fingerprint density at radius 2 is 2.00 bits per heavy atom. The predicted octanol–water partition coefficient (Wildman–Crippen LogP) is 2.18.